The molecule has 0 aromatic heterocycles. The summed E-state index contributed by atoms with van der Waals surface area (Å²) in [6.07, 6.45) is 0.817. The number of para-hydroxylation sites is 1. The van der Waals surface area contributed by atoms with Crippen molar-refractivity contribution in [2.45, 2.75) is 39.8 Å². The van der Waals surface area contributed by atoms with Crippen LogP contribution < -0.4 is 10.2 Å². The number of carbonyl (C=O) groups is 1. The molecule has 2 aliphatic heterocycles. The number of morpholine rings is 1. The summed E-state index contributed by atoms with van der Waals surface area (Å²) in [5.41, 5.74) is 6.96. The summed E-state index contributed by atoms with van der Waals surface area (Å²) in [7, 11) is 0. The number of aryl methyl sites for hydroxylation is 3. The van der Waals surface area contributed by atoms with Crippen LogP contribution in [-0.4, -0.2) is 49.7 Å². The van der Waals surface area contributed by atoms with Gasteiger partial charge in [0.25, 0.3) is 0 Å². The molecular weight excluding hydrogens is 362 g/mol. The zero-order valence-corrected chi connectivity index (χ0v) is 17.7. The summed E-state index contributed by atoms with van der Waals surface area (Å²) >= 11 is 0. The molecule has 2 fully saturated rings. The molecule has 4 rings (SSSR count). The normalized spacial score (nSPS) is 20.3. The molecule has 0 aliphatic carbocycles. The van der Waals surface area contributed by atoms with E-state index < -0.39 is 0 Å². The number of hydrogen-bond donors (Lipinski definition) is 1. The van der Waals surface area contributed by atoms with Gasteiger partial charge in [0.05, 0.1) is 13.2 Å². The van der Waals surface area contributed by atoms with E-state index in [1.807, 2.05) is 11.0 Å². The second-order valence-corrected chi connectivity index (χ2v) is 8.27. The first-order chi connectivity index (χ1) is 14.0. The van der Waals surface area contributed by atoms with E-state index in [1.165, 1.54) is 22.3 Å². The third kappa shape index (κ3) is 4.31. The second-order valence-electron chi connectivity index (χ2n) is 8.27. The fraction of sp³-hybridized carbons (Fsp3) is 0.458. The summed E-state index contributed by atoms with van der Waals surface area (Å²) in [4.78, 5) is 17.6. The lowest BCUT2D eigenvalue weighted by Gasteiger charge is -2.28. The van der Waals surface area contributed by atoms with Crippen LogP contribution in [0, 0.1) is 20.8 Å². The largest absolute Gasteiger partial charge is 0.379 e. The van der Waals surface area contributed by atoms with Crippen LogP contribution in [0.4, 0.5) is 11.4 Å². The highest BCUT2D eigenvalue weighted by Gasteiger charge is 2.34. The molecule has 29 heavy (non-hydrogen) atoms. The van der Waals surface area contributed by atoms with E-state index in [0.29, 0.717) is 0 Å². The van der Waals surface area contributed by atoms with Crippen molar-refractivity contribution in [1.29, 1.82) is 0 Å². The Hall–Kier alpha value is -2.37. The van der Waals surface area contributed by atoms with Crippen molar-refractivity contribution in [1.82, 2.24) is 4.90 Å². The molecule has 1 N–H and O–H groups in total. The highest BCUT2D eigenvalue weighted by atomic mass is 16.5. The molecular formula is C24H31N3O2. The molecule has 2 aliphatic rings. The monoisotopic (exact) mass is 393 g/mol. The summed E-state index contributed by atoms with van der Waals surface area (Å²) in [6.45, 7) is 11.4. The summed E-state index contributed by atoms with van der Waals surface area (Å²) in [6, 6.07) is 12.5. The molecule has 1 amide bonds. The third-order valence-corrected chi connectivity index (χ3v) is 5.96. The van der Waals surface area contributed by atoms with Crippen molar-refractivity contribution < 1.29 is 9.53 Å². The topological polar surface area (TPSA) is 44.8 Å². The first kappa shape index (κ1) is 19.9. The molecule has 0 saturated carbocycles. The zero-order chi connectivity index (χ0) is 20.4. The lowest BCUT2D eigenvalue weighted by atomic mass is 10.0. The number of amides is 1. The number of anilines is 2. The van der Waals surface area contributed by atoms with Gasteiger partial charge in [-0.15, -0.1) is 0 Å². The Labute approximate surface area is 173 Å². The average Bonchev–Trinajstić information content (AvgIpc) is 3.04. The van der Waals surface area contributed by atoms with E-state index in [-0.39, 0.29) is 11.9 Å². The predicted molar refractivity (Wildman–Crippen MR) is 118 cm³/mol. The van der Waals surface area contributed by atoms with E-state index in [2.05, 4.69) is 61.3 Å². The maximum Gasteiger partial charge on any atom is 0.249 e. The second kappa shape index (κ2) is 8.56. The highest BCUT2D eigenvalue weighted by molar-refractivity contribution is 6.02. The quantitative estimate of drug-likeness (QED) is 0.842. The Morgan fingerprint density at radius 3 is 2.45 bits per heavy atom. The maximum atomic E-state index is 13.2. The van der Waals surface area contributed by atoms with Gasteiger partial charge in [0.15, 0.2) is 0 Å². The first-order valence-electron chi connectivity index (χ1n) is 10.6. The lowest BCUT2D eigenvalue weighted by Crippen LogP contribution is -2.36. The van der Waals surface area contributed by atoms with Gasteiger partial charge in [-0.25, -0.2) is 0 Å². The van der Waals surface area contributed by atoms with Crippen LogP contribution in [0.15, 0.2) is 36.4 Å². The van der Waals surface area contributed by atoms with E-state index in [4.69, 9.17) is 4.74 Å². The van der Waals surface area contributed by atoms with Gasteiger partial charge in [0.2, 0.25) is 5.91 Å². The number of nitrogens with zero attached hydrogens (tertiary/aromatic N) is 2. The van der Waals surface area contributed by atoms with Gasteiger partial charge in [-0.3, -0.25) is 9.69 Å². The Kier molecular flexibility index (Phi) is 5.88. The van der Waals surface area contributed by atoms with Gasteiger partial charge >= 0.3 is 0 Å². The SMILES string of the molecule is Cc1cc(C)c(N2CCC(Nc3ccccc3CN3CCOCC3)C2=O)c(C)c1. The van der Waals surface area contributed by atoms with Gasteiger partial charge in [0, 0.05) is 37.6 Å². The van der Waals surface area contributed by atoms with Crippen LogP contribution in [0.1, 0.15) is 28.7 Å². The number of ether oxygens (including phenoxy) is 1. The van der Waals surface area contributed by atoms with Gasteiger partial charge in [-0.1, -0.05) is 35.9 Å². The van der Waals surface area contributed by atoms with E-state index in [1.54, 1.807) is 0 Å². The first-order valence-corrected chi connectivity index (χ1v) is 10.6. The number of rotatable bonds is 5. The van der Waals surface area contributed by atoms with Crippen molar-refractivity contribution in [2.24, 2.45) is 0 Å². The Morgan fingerprint density at radius 1 is 1.03 bits per heavy atom. The molecule has 2 aromatic carbocycles. The van der Waals surface area contributed by atoms with E-state index >= 15 is 0 Å². The summed E-state index contributed by atoms with van der Waals surface area (Å²) in [5, 5.41) is 3.55. The Balaban J connectivity index is 1.49. The van der Waals surface area contributed by atoms with Crippen molar-refractivity contribution >= 4 is 17.3 Å². The van der Waals surface area contributed by atoms with Crippen LogP contribution in [0.3, 0.4) is 0 Å². The highest BCUT2D eigenvalue weighted by Crippen LogP contribution is 2.31. The summed E-state index contributed by atoms with van der Waals surface area (Å²) in [5.74, 6) is 0.168. The smallest absolute Gasteiger partial charge is 0.249 e. The maximum absolute atomic E-state index is 13.2. The van der Waals surface area contributed by atoms with Gasteiger partial charge < -0.3 is 15.0 Å². The lowest BCUT2D eigenvalue weighted by molar-refractivity contribution is -0.117. The number of hydrogen-bond acceptors (Lipinski definition) is 4. The van der Waals surface area contributed by atoms with E-state index in [0.717, 1.165) is 57.2 Å². The molecule has 5 heteroatoms. The average molecular weight is 394 g/mol. The molecule has 5 nitrogen and oxygen atoms in total. The fourth-order valence-corrected chi connectivity index (χ4v) is 4.62. The molecule has 0 radical (unpaired) electrons. The number of benzene rings is 2. The molecule has 154 valence electrons. The molecule has 0 spiro atoms. The van der Waals surface area contributed by atoms with Gasteiger partial charge in [0.1, 0.15) is 6.04 Å². The minimum Gasteiger partial charge on any atom is -0.379 e. The van der Waals surface area contributed by atoms with Crippen molar-refractivity contribution in [2.75, 3.05) is 43.1 Å². The van der Waals surface area contributed by atoms with Crippen LogP contribution in [0.5, 0.6) is 0 Å². The molecule has 1 atom stereocenters. The van der Waals surface area contributed by atoms with E-state index in [9.17, 15) is 4.79 Å². The number of nitrogens with one attached hydrogen (secondary N) is 1. The van der Waals surface area contributed by atoms with Crippen molar-refractivity contribution in [3.05, 3.63) is 58.7 Å². The van der Waals surface area contributed by atoms with Crippen LogP contribution in [0.25, 0.3) is 0 Å². The van der Waals surface area contributed by atoms with Crippen molar-refractivity contribution in [3.63, 3.8) is 0 Å². The zero-order valence-electron chi connectivity index (χ0n) is 17.7. The minimum absolute atomic E-state index is 0.168. The van der Waals surface area contributed by atoms with Gasteiger partial charge in [-0.05, 0) is 49.9 Å². The third-order valence-electron chi connectivity index (χ3n) is 5.96. The van der Waals surface area contributed by atoms with Crippen LogP contribution in [-0.2, 0) is 16.1 Å². The predicted octanol–water partition coefficient (Wildman–Crippen LogP) is 3.66. The molecule has 0 bridgehead atoms. The fourth-order valence-electron chi connectivity index (χ4n) is 4.62. The summed E-state index contributed by atoms with van der Waals surface area (Å²) < 4.78 is 5.46. The Morgan fingerprint density at radius 2 is 1.72 bits per heavy atom. The number of carbonyl (C=O) groups excluding carboxylic acids is 1. The van der Waals surface area contributed by atoms with Crippen LogP contribution in [0.2, 0.25) is 0 Å². The molecule has 1 unspecified atom stereocenters. The van der Waals surface area contributed by atoms with Crippen LogP contribution >= 0.6 is 0 Å². The molecule has 2 heterocycles. The van der Waals surface area contributed by atoms with Crippen molar-refractivity contribution in [3.8, 4) is 0 Å². The van der Waals surface area contributed by atoms with Gasteiger partial charge in [-0.2, -0.15) is 0 Å². The minimum atomic E-state index is -0.180. The molecule has 2 aromatic rings. The standard InChI is InChI=1S/C24H31N3O2/c1-17-14-18(2)23(19(3)15-17)27-9-8-22(24(27)28)25-21-7-5-4-6-20(21)16-26-10-12-29-13-11-26/h4-7,14-15,22,25H,8-13,16H2,1-3H3. The Bertz CT molecular complexity index is 866. The molecule has 2 saturated heterocycles.